The molecule has 13 heteroatoms. The van der Waals surface area contributed by atoms with E-state index >= 15 is 0 Å². The Morgan fingerprint density at radius 3 is 2.10 bits per heavy atom. The zero-order valence-corrected chi connectivity index (χ0v) is 17.0. The number of nitrogens with zero attached hydrogens (tertiary/aromatic N) is 3. The van der Waals surface area contributed by atoms with E-state index in [2.05, 4.69) is 47.6 Å². The van der Waals surface area contributed by atoms with Crippen LogP contribution in [0.15, 0.2) is 59.3 Å². The molecule has 0 saturated carbocycles. The number of hydrogen-bond acceptors (Lipinski definition) is 8. The number of aromatic nitrogens is 2. The Bertz CT molecular complexity index is 1140. The van der Waals surface area contributed by atoms with E-state index in [9.17, 15) is 24.1 Å². The number of rotatable bonds is 7. The van der Waals surface area contributed by atoms with E-state index in [1.165, 1.54) is 18.2 Å². The zero-order chi connectivity index (χ0) is 22.4. The SMILES string of the molecule is O=C(NNc1ncnc(NNC(=O)c2ccccc2F)c1[N+](=O)[O-])c1ccc(Br)cc1. The molecule has 0 saturated heterocycles. The van der Waals surface area contributed by atoms with E-state index in [1.807, 2.05) is 0 Å². The van der Waals surface area contributed by atoms with Gasteiger partial charge in [0.2, 0.25) is 11.6 Å². The molecule has 2 aromatic carbocycles. The number of carbonyl (C=O) groups excluding carboxylic acids is 2. The molecule has 3 rings (SSSR count). The molecule has 1 aromatic heterocycles. The Kier molecular flexibility index (Phi) is 6.67. The summed E-state index contributed by atoms with van der Waals surface area (Å²) in [7, 11) is 0. The van der Waals surface area contributed by atoms with Crippen molar-refractivity contribution < 1.29 is 18.9 Å². The van der Waals surface area contributed by atoms with Crippen LogP contribution in [0, 0.1) is 15.9 Å². The first kappa shape index (κ1) is 21.6. The van der Waals surface area contributed by atoms with Crippen LogP contribution in [0.5, 0.6) is 0 Å². The number of anilines is 2. The first-order valence-corrected chi connectivity index (χ1v) is 9.28. The third kappa shape index (κ3) is 5.27. The van der Waals surface area contributed by atoms with E-state index in [-0.39, 0.29) is 17.2 Å². The average molecular weight is 490 g/mol. The molecule has 0 atom stereocenters. The van der Waals surface area contributed by atoms with Crippen LogP contribution < -0.4 is 21.7 Å². The van der Waals surface area contributed by atoms with Crippen LogP contribution in [0.3, 0.4) is 0 Å². The van der Waals surface area contributed by atoms with Gasteiger partial charge >= 0.3 is 5.69 Å². The molecule has 0 bridgehead atoms. The molecule has 0 aliphatic carbocycles. The van der Waals surface area contributed by atoms with Gasteiger partial charge in [-0.3, -0.25) is 41.4 Å². The van der Waals surface area contributed by atoms with Crippen LogP contribution in [0.1, 0.15) is 20.7 Å². The van der Waals surface area contributed by atoms with Gasteiger partial charge in [0.25, 0.3) is 11.8 Å². The molecule has 31 heavy (non-hydrogen) atoms. The first-order valence-electron chi connectivity index (χ1n) is 8.49. The summed E-state index contributed by atoms with van der Waals surface area (Å²) < 4.78 is 14.5. The van der Waals surface area contributed by atoms with Crippen LogP contribution in [-0.4, -0.2) is 26.7 Å². The third-order valence-electron chi connectivity index (χ3n) is 3.82. The van der Waals surface area contributed by atoms with Crippen LogP contribution in [0.25, 0.3) is 0 Å². The number of carbonyl (C=O) groups is 2. The maximum absolute atomic E-state index is 13.7. The smallest absolute Gasteiger partial charge is 0.276 e. The molecule has 1 heterocycles. The van der Waals surface area contributed by atoms with Crippen molar-refractivity contribution in [3.8, 4) is 0 Å². The molecule has 2 amide bonds. The van der Waals surface area contributed by atoms with Gasteiger partial charge in [-0.1, -0.05) is 28.1 Å². The summed E-state index contributed by atoms with van der Waals surface area (Å²) in [4.78, 5) is 42.4. The van der Waals surface area contributed by atoms with Gasteiger partial charge in [-0.15, -0.1) is 0 Å². The summed E-state index contributed by atoms with van der Waals surface area (Å²) >= 11 is 3.25. The van der Waals surface area contributed by atoms with E-state index in [0.29, 0.717) is 5.56 Å². The van der Waals surface area contributed by atoms with Crippen molar-refractivity contribution in [1.82, 2.24) is 20.8 Å². The normalized spacial score (nSPS) is 10.1. The van der Waals surface area contributed by atoms with Gasteiger partial charge in [0.05, 0.1) is 10.5 Å². The number of amides is 2. The Morgan fingerprint density at radius 2 is 1.52 bits per heavy atom. The molecule has 0 radical (unpaired) electrons. The topological polar surface area (TPSA) is 151 Å². The fourth-order valence-corrected chi connectivity index (χ4v) is 2.62. The highest BCUT2D eigenvalue weighted by molar-refractivity contribution is 9.10. The standard InChI is InChI=1S/C18H13BrFN7O4/c19-11-7-5-10(6-8-11)17(28)25-23-15-14(27(30)31)16(22-9-21-15)24-26-18(29)12-3-1-2-4-13(12)20/h1-9H,(H,25,28)(H,26,29)(H2,21,22,23,24). The molecule has 0 spiro atoms. The van der Waals surface area contributed by atoms with E-state index in [0.717, 1.165) is 16.9 Å². The number of hydrogen-bond donors (Lipinski definition) is 4. The predicted octanol–water partition coefficient (Wildman–Crippen LogP) is 2.80. The highest BCUT2D eigenvalue weighted by atomic mass is 79.9. The van der Waals surface area contributed by atoms with E-state index in [1.54, 1.807) is 24.3 Å². The molecular formula is C18H13BrFN7O4. The van der Waals surface area contributed by atoms with Crippen molar-refractivity contribution in [2.75, 3.05) is 10.9 Å². The zero-order valence-electron chi connectivity index (χ0n) is 15.4. The lowest BCUT2D eigenvalue weighted by molar-refractivity contribution is -0.383. The minimum absolute atomic E-state index is 0.271. The van der Waals surface area contributed by atoms with Gasteiger partial charge in [-0.2, -0.15) is 0 Å². The molecule has 158 valence electrons. The molecule has 4 N–H and O–H groups in total. The molecule has 0 fully saturated rings. The van der Waals surface area contributed by atoms with Crippen LogP contribution in [0.4, 0.5) is 21.7 Å². The van der Waals surface area contributed by atoms with Crippen molar-refractivity contribution in [3.05, 3.63) is 86.4 Å². The van der Waals surface area contributed by atoms with Gasteiger partial charge in [0.1, 0.15) is 12.1 Å². The Balaban J connectivity index is 1.74. The van der Waals surface area contributed by atoms with Gasteiger partial charge < -0.3 is 0 Å². The molecule has 0 aliphatic heterocycles. The quantitative estimate of drug-likeness (QED) is 0.292. The van der Waals surface area contributed by atoms with Crippen LogP contribution in [0.2, 0.25) is 0 Å². The van der Waals surface area contributed by atoms with Gasteiger partial charge in [0.15, 0.2) is 0 Å². The predicted molar refractivity (Wildman–Crippen MR) is 111 cm³/mol. The van der Waals surface area contributed by atoms with Gasteiger partial charge in [0, 0.05) is 10.0 Å². The minimum Gasteiger partial charge on any atom is -0.276 e. The van der Waals surface area contributed by atoms with E-state index < -0.39 is 28.2 Å². The number of halogens is 2. The third-order valence-corrected chi connectivity index (χ3v) is 4.35. The fraction of sp³-hybridized carbons (Fsp3) is 0. The number of hydrazine groups is 2. The summed E-state index contributed by atoms with van der Waals surface area (Å²) in [6.45, 7) is 0. The lowest BCUT2D eigenvalue weighted by atomic mass is 10.2. The minimum atomic E-state index is -0.871. The second-order valence-corrected chi connectivity index (χ2v) is 6.74. The Labute approximate surface area is 182 Å². The van der Waals surface area contributed by atoms with Crippen LogP contribution >= 0.6 is 15.9 Å². The monoisotopic (exact) mass is 489 g/mol. The number of benzene rings is 2. The Morgan fingerprint density at radius 1 is 0.935 bits per heavy atom. The number of nitrogens with one attached hydrogen (secondary N) is 4. The summed E-state index contributed by atoms with van der Waals surface area (Å²) in [6.07, 6.45) is 0.971. The maximum atomic E-state index is 13.7. The molecule has 0 unspecified atom stereocenters. The molecular weight excluding hydrogens is 477 g/mol. The summed E-state index contributed by atoms with van der Waals surface area (Å²) in [5.41, 5.74) is 8.41. The average Bonchev–Trinajstić information content (AvgIpc) is 2.76. The largest absolute Gasteiger partial charge is 0.356 e. The van der Waals surface area contributed by atoms with Crippen molar-refractivity contribution in [3.63, 3.8) is 0 Å². The second kappa shape index (κ2) is 9.58. The van der Waals surface area contributed by atoms with Crippen LogP contribution in [-0.2, 0) is 0 Å². The maximum Gasteiger partial charge on any atom is 0.356 e. The van der Waals surface area contributed by atoms with Crippen molar-refractivity contribution in [2.24, 2.45) is 0 Å². The van der Waals surface area contributed by atoms with Crippen molar-refractivity contribution >= 4 is 45.1 Å². The lowest BCUT2D eigenvalue weighted by Gasteiger charge is -2.12. The van der Waals surface area contributed by atoms with Gasteiger partial charge in [-0.25, -0.2) is 14.4 Å². The van der Waals surface area contributed by atoms with Crippen molar-refractivity contribution in [2.45, 2.75) is 0 Å². The summed E-state index contributed by atoms with van der Waals surface area (Å²) in [5, 5.41) is 11.5. The highest BCUT2D eigenvalue weighted by Gasteiger charge is 2.24. The summed E-state index contributed by atoms with van der Waals surface area (Å²) in [6, 6.07) is 11.6. The fourth-order valence-electron chi connectivity index (χ4n) is 2.35. The lowest BCUT2D eigenvalue weighted by Crippen LogP contribution is -2.32. The van der Waals surface area contributed by atoms with Gasteiger partial charge in [-0.05, 0) is 36.4 Å². The molecule has 3 aromatic rings. The number of nitro groups is 1. The molecule has 0 aliphatic rings. The van der Waals surface area contributed by atoms with E-state index in [4.69, 9.17) is 0 Å². The first-order chi connectivity index (χ1) is 14.9. The second-order valence-electron chi connectivity index (χ2n) is 5.82. The summed E-state index contributed by atoms with van der Waals surface area (Å²) in [5.74, 6) is -2.93. The highest BCUT2D eigenvalue weighted by Crippen LogP contribution is 2.27. The Hall–Kier alpha value is -4.13. The molecule has 11 nitrogen and oxygen atoms in total. The van der Waals surface area contributed by atoms with Crippen molar-refractivity contribution in [1.29, 1.82) is 0 Å².